The number of benzene rings is 2. The fourth-order valence-corrected chi connectivity index (χ4v) is 3.57. The molecular formula is C21H19ClINO4. The van der Waals surface area contributed by atoms with Crippen LogP contribution in [0.2, 0.25) is 5.02 Å². The van der Waals surface area contributed by atoms with Gasteiger partial charge in [0.15, 0.2) is 17.2 Å². The Morgan fingerprint density at radius 1 is 1.29 bits per heavy atom. The average Bonchev–Trinajstić information content (AvgIpc) is 2.99. The number of ether oxygens (including phenoxy) is 3. The van der Waals surface area contributed by atoms with Crippen LogP contribution in [0.5, 0.6) is 11.5 Å². The summed E-state index contributed by atoms with van der Waals surface area (Å²) in [5, 5.41) is 0.471. The van der Waals surface area contributed by atoms with Crippen molar-refractivity contribution in [3.05, 3.63) is 61.8 Å². The van der Waals surface area contributed by atoms with Crippen molar-refractivity contribution in [1.29, 1.82) is 0 Å². The topological polar surface area (TPSA) is 57.1 Å². The molecule has 0 spiro atoms. The van der Waals surface area contributed by atoms with Gasteiger partial charge in [0.05, 0.1) is 26.9 Å². The largest absolute Gasteiger partial charge is 0.490 e. The third kappa shape index (κ3) is 4.67. The zero-order chi connectivity index (χ0) is 20.3. The highest BCUT2D eigenvalue weighted by atomic mass is 127. The zero-order valence-electron chi connectivity index (χ0n) is 15.7. The Morgan fingerprint density at radius 2 is 2.04 bits per heavy atom. The summed E-state index contributed by atoms with van der Waals surface area (Å²) in [5.74, 6) is 0.984. The van der Waals surface area contributed by atoms with Crippen molar-refractivity contribution < 1.29 is 19.0 Å². The number of nitrogens with zero attached hydrogens (tertiary/aromatic N) is 1. The Hall–Kier alpha value is -2.06. The van der Waals surface area contributed by atoms with Crippen molar-refractivity contribution in [2.24, 2.45) is 4.99 Å². The second kappa shape index (κ2) is 8.96. The highest BCUT2D eigenvalue weighted by Gasteiger charge is 2.25. The predicted octanol–water partition coefficient (Wildman–Crippen LogP) is 5.48. The van der Waals surface area contributed by atoms with Crippen molar-refractivity contribution in [1.82, 2.24) is 0 Å². The summed E-state index contributed by atoms with van der Waals surface area (Å²) < 4.78 is 17.8. The van der Waals surface area contributed by atoms with Gasteiger partial charge < -0.3 is 14.2 Å². The van der Waals surface area contributed by atoms with E-state index in [9.17, 15) is 4.79 Å². The first-order chi connectivity index (χ1) is 13.4. The number of esters is 1. The SMILES string of the molecule is CCOc1cc(/C=C2\N=C(c3ccccc3Cl)OC2=O)cc(I)c1OC(C)C. The standard InChI is InChI=1S/C21H19ClINO4/c1-4-26-18-11-13(9-16(23)19(18)27-12(2)3)10-17-21(25)28-20(24-17)14-7-5-6-8-15(14)22/h5-12H,4H2,1-3H3/b17-10-. The molecule has 0 bridgehead atoms. The van der Waals surface area contributed by atoms with Crippen LogP contribution >= 0.6 is 34.2 Å². The number of hydrogen-bond acceptors (Lipinski definition) is 5. The van der Waals surface area contributed by atoms with Gasteiger partial charge in [0.2, 0.25) is 5.90 Å². The third-order valence-corrected chi connectivity index (χ3v) is 4.84. The molecular weight excluding hydrogens is 493 g/mol. The molecule has 28 heavy (non-hydrogen) atoms. The molecule has 2 aromatic carbocycles. The lowest BCUT2D eigenvalue weighted by molar-refractivity contribution is -0.129. The molecule has 0 aromatic heterocycles. The maximum atomic E-state index is 12.3. The van der Waals surface area contributed by atoms with Crippen LogP contribution in [0.3, 0.4) is 0 Å². The lowest BCUT2D eigenvalue weighted by Crippen LogP contribution is -2.09. The zero-order valence-corrected chi connectivity index (χ0v) is 18.6. The van der Waals surface area contributed by atoms with Gasteiger partial charge in [0.1, 0.15) is 0 Å². The van der Waals surface area contributed by atoms with Gasteiger partial charge in [-0.15, -0.1) is 0 Å². The van der Waals surface area contributed by atoms with Crippen LogP contribution in [0.1, 0.15) is 31.9 Å². The molecule has 3 rings (SSSR count). The maximum absolute atomic E-state index is 12.3. The van der Waals surface area contributed by atoms with Crippen LogP contribution in [-0.4, -0.2) is 24.6 Å². The van der Waals surface area contributed by atoms with Crippen LogP contribution in [0.15, 0.2) is 47.1 Å². The minimum absolute atomic E-state index is 0.0181. The van der Waals surface area contributed by atoms with E-state index in [4.69, 9.17) is 25.8 Å². The van der Waals surface area contributed by atoms with Crippen LogP contribution < -0.4 is 9.47 Å². The van der Waals surface area contributed by atoms with Crippen molar-refractivity contribution >= 4 is 52.1 Å². The number of aliphatic imine (C=N–C) groups is 1. The van der Waals surface area contributed by atoms with Gasteiger partial charge in [0, 0.05) is 0 Å². The van der Waals surface area contributed by atoms with Gasteiger partial charge in [-0.3, -0.25) is 0 Å². The van der Waals surface area contributed by atoms with Gasteiger partial charge in [-0.2, -0.15) is 0 Å². The number of hydrogen-bond donors (Lipinski definition) is 0. The second-order valence-corrected chi connectivity index (χ2v) is 7.81. The molecule has 0 fully saturated rings. The second-order valence-electron chi connectivity index (χ2n) is 6.25. The third-order valence-electron chi connectivity index (χ3n) is 3.71. The van der Waals surface area contributed by atoms with Gasteiger partial charge in [0.25, 0.3) is 0 Å². The van der Waals surface area contributed by atoms with E-state index < -0.39 is 5.97 Å². The Bertz CT molecular complexity index is 969. The smallest absolute Gasteiger partial charge is 0.363 e. The number of rotatable bonds is 6. The van der Waals surface area contributed by atoms with E-state index in [0.717, 1.165) is 9.13 Å². The molecule has 7 heteroatoms. The van der Waals surface area contributed by atoms with Crippen LogP contribution in [0.4, 0.5) is 0 Å². The molecule has 1 aliphatic rings. The highest BCUT2D eigenvalue weighted by molar-refractivity contribution is 14.1. The number of carbonyl (C=O) groups is 1. The van der Waals surface area contributed by atoms with E-state index in [1.54, 1.807) is 24.3 Å². The molecule has 146 valence electrons. The summed E-state index contributed by atoms with van der Waals surface area (Å²) in [6.45, 7) is 6.33. The highest BCUT2D eigenvalue weighted by Crippen LogP contribution is 2.36. The summed E-state index contributed by atoms with van der Waals surface area (Å²) in [5.41, 5.74) is 1.54. The first-order valence-electron chi connectivity index (χ1n) is 8.79. The Labute approximate surface area is 182 Å². The Morgan fingerprint density at radius 3 is 2.71 bits per heavy atom. The molecule has 0 atom stereocenters. The normalized spacial score (nSPS) is 15.0. The van der Waals surface area contributed by atoms with Crippen molar-refractivity contribution in [3.8, 4) is 11.5 Å². The molecule has 0 radical (unpaired) electrons. The van der Waals surface area contributed by atoms with E-state index >= 15 is 0 Å². The monoisotopic (exact) mass is 511 g/mol. The number of halogens is 2. The first-order valence-corrected chi connectivity index (χ1v) is 10.2. The van der Waals surface area contributed by atoms with E-state index in [2.05, 4.69) is 27.6 Å². The average molecular weight is 512 g/mol. The molecule has 5 nitrogen and oxygen atoms in total. The lowest BCUT2D eigenvalue weighted by Gasteiger charge is -2.16. The van der Waals surface area contributed by atoms with Gasteiger partial charge >= 0.3 is 5.97 Å². The minimum atomic E-state index is -0.523. The molecule has 0 amide bonds. The van der Waals surface area contributed by atoms with Gasteiger partial charge in [-0.1, -0.05) is 23.7 Å². The predicted molar refractivity (Wildman–Crippen MR) is 118 cm³/mol. The molecule has 0 saturated carbocycles. The van der Waals surface area contributed by atoms with Crippen molar-refractivity contribution in [2.45, 2.75) is 26.9 Å². The van der Waals surface area contributed by atoms with E-state index in [1.807, 2.05) is 39.0 Å². The molecule has 0 aliphatic carbocycles. The molecule has 1 heterocycles. The van der Waals surface area contributed by atoms with E-state index in [-0.39, 0.29) is 17.7 Å². The summed E-state index contributed by atoms with van der Waals surface area (Å²) in [6.07, 6.45) is 1.68. The van der Waals surface area contributed by atoms with Crippen molar-refractivity contribution in [2.75, 3.05) is 6.61 Å². The van der Waals surface area contributed by atoms with E-state index in [1.165, 1.54) is 0 Å². The fraction of sp³-hybridized carbons (Fsp3) is 0.238. The molecule has 1 aliphatic heterocycles. The van der Waals surface area contributed by atoms with Gasteiger partial charge in [-0.05, 0) is 79.3 Å². The fourth-order valence-electron chi connectivity index (χ4n) is 2.60. The summed E-state index contributed by atoms with van der Waals surface area (Å²) >= 11 is 8.36. The van der Waals surface area contributed by atoms with Gasteiger partial charge in [-0.25, -0.2) is 9.79 Å². The Balaban J connectivity index is 1.98. The van der Waals surface area contributed by atoms with Crippen LogP contribution in [-0.2, 0) is 9.53 Å². The molecule has 0 saturated heterocycles. The maximum Gasteiger partial charge on any atom is 0.363 e. The molecule has 2 aromatic rings. The minimum Gasteiger partial charge on any atom is -0.490 e. The van der Waals surface area contributed by atoms with Crippen LogP contribution in [0, 0.1) is 3.57 Å². The molecule has 0 N–H and O–H groups in total. The van der Waals surface area contributed by atoms with Crippen LogP contribution in [0.25, 0.3) is 6.08 Å². The molecule has 0 unspecified atom stereocenters. The summed E-state index contributed by atoms with van der Waals surface area (Å²) in [4.78, 5) is 16.6. The lowest BCUT2D eigenvalue weighted by atomic mass is 10.1. The number of carbonyl (C=O) groups excluding carboxylic acids is 1. The quantitative estimate of drug-likeness (QED) is 0.293. The number of cyclic esters (lactones) is 1. The summed E-state index contributed by atoms with van der Waals surface area (Å²) in [7, 11) is 0. The van der Waals surface area contributed by atoms with E-state index in [0.29, 0.717) is 28.7 Å². The Kier molecular flexibility index (Phi) is 6.61. The summed E-state index contributed by atoms with van der Waals surface area (Å²) in [6, 6.07) is 10.8. The van der Waals surface area contributed by atoms with Crippen molar-refractivity contribution in [3.63, 3.8) is 0 Å². The first kappa shape index (κ1) is 20.7.